The third kappa shape index (κ3) is 4.33. The molecule has 0 aromatic carbocycles. The van der Waals surface area contributed by atoms with E-state index in [1.807, 2.05) is 19.1 Å². The Morgan fingerprint density at radius 2 is 2.08 bits per heavy atom. The maximum atomic E-state index is 12.6. The third-order valence-corrected chi connectivity index (χ3v) is 3.68. The van der Waals surface area contributed by atoms with Crippen molar-refractivity contribution in [2.75, 3.05) is 7.05 Å². The van der Waals surface area contributed by atoms with E-state index in [1.54, 1.807) is 19.3 Å². The molecule has 0 saturated heterocycles. The number of amides is 1. The normalized spacial score (nSPS) is 12.9. The van der Waals surface area contributed by atoms with Gasteiger partial charge in [-0.1, -0.05) is 19.4 Å². The fourth-order valence-electron chi connectivity index (χ4n) is 2.41. The smallest absolute Gasteiger partial charge is 0.336 e. The molecule has 130 valence electrons. The van der Waals surface area contributed by atoms with Gasteiger partial charge in [0.05, 0.1) is 11.7 Å². The highest BCUT2D eigenvalue weighted by Gasteiger charge is 2.33. The molecule has 1 atom stereocenters. The second kappa shape index (κ2) is 7.46. The Morgan fingerprint density at radius 1 is 1.33 bits per heavy atom. The van der Waals surface area contributed by atoms with Crippen LogP contribution in [0.2, 0.25) is 0 Å². The Balaban J connectivity index is 2.11. The number of pyridine rings is 1. The van der Waals surface area contributed by atoms with Crippen molar-refractivity contribution in [3.05, 3.63) is 48.0 Å². The fourth-order valence-corrected chi connectivity index (χ4v) is 2.41. The Hall–Kier alpha value is -2.38. The average molecular weight is 340 g/mol. The van der Waals surface area contributed by atoms with Crippen LogP contribution >= 0.6 is 0 Å². The van der Waals surface area contributed by atoms with Crippen molar-refractivity contribution in [2.24, 2.45) is 0 Å². The lowest BCUT2D eigenvalue weighted by Crippen LogP contribution is -2.34. The highest BCUT2D eigenvalue weighted by atomic mass is 19.4. The number of likely N-dealkylation sites (N-methyl/N-ethyl adjacent to an activating group) is 1. The first-order valence-corrected chi connectivity index (χ1v) is 7.60. The number of halogens is 3. The largest absolute Gasteiger partial charge is 0.435 e. The predicted molar refractivity (Wildman–Crippen MR) is 81.9 cm³/mol. The van der Waals surface area contributed by atoms with E-state index in [0.717, 1.165) is 29.1 Å². The number of hydrogen-bond acceptors (Lipinski definition) is 3. The third-order valence-electron chi connectivity index (χ3n) is 3.68. The number of rotatable bonds is 6. The van der Waals surface area contributed by atoms with Crippen molar-refractivity contribution >= 4 is 5.91 Å². The van der Waals surface area contributed by atoms with Gasteiger partial charge in [-0.15, -0.1) is 0 Å². The van der Waals surface area contributed by atoms with E-state index in [9.17, 15) is 18.0 Å². The van der Waals surface area contributed by atoms with Crippen LogP contribution in [0, 0.1) is 0 Å². The average Bonchev–Trinajstić information content (AvgIpc) is 3.01. The van der Waals surface area contributed by atoms with Crippen molar-refractivity contribution in [3.63, 3.8) is 0 Å². The van der Waals surface area contributed by atoms with Crippen LogP contribution in [-0.4, -0.2) is 32.6 Å². The van der Waals surface area contributed by atoms with E-state index in [-0.39, 0.29) is 18.5 Å². The molecule has 0 bridgehead atoms. The lowest BCUT2D eigenvalue weighted by atomic mass is 10.1. The molecule has 1 amide bonds. The Morgan fingerprint density at radius 3 is 2.62 bits per heavy atom. The van der Waals surface area contributed by atoms with E-state index in [2.05, 4.69) is 10.1 Å². The standard InChI is InChI=1S/C16H19F3N4O/c1-3-6-13(12-7-4-5-9-20-12)22(2)15(24)11-23-10-8-14(21-23)16(17,18)19/h4-5,7-10,13H,3,6,11H2,1-2H3. The van der Waals surface area contributed by atoms with Crippen molar-refractivity contribution in [2.45, 2.75) is 38.5 Å². The summed E-state index contributed by atoms with van der Waals surface area (Å²) in [6.07, 6.45) is -0.145. The predicted octanol–water partition coefficient (Wildman–Crippen LogP) is 3.30. The first-order chi connectivity index (χ1) is 11.3. The van der Waals surface area contributed by atoms with Gasteiger partial charge in [0.1, 0.15) is 6.54 Å². The van der Waals surface area contributed by atoms with Gasteiger partial charge < -0.3 is 4.90 Å². The summed E-state index contributed by atoms with van der Waals surface area (Å²) in [4.78, 5) is 18.2. The molecule has 0 aliphatic rings. The Kier molecular flexibility index (Phi) is 5.58. The first-order valence-electron chi connectivity index (χ1n) is 7.60. The molecule has 2 heterocycles. The maximum absolute atomic E-state index is 12.6. The van der Waals surface area contributed by atoms with Crippen LogP contribution in [0.1, 0.15) is 37.2 Å². The molecule has 0 spiro atoms. The summed E-state index contributed by atoms with van der Waals surface area (Å²) < 4.78 is 38.7. The molecule has 24 heavy (non-hydrogen) atoms. The zero-order valence-corrected chi connectivity index (χ0v) is 13.5. The molecule has 0 fully saturated rings. The van der Waals surface area contributed by atoms with E-state index in [1.165, 1.54) is 4.90 Å². The fraction of sp³-hybridized carbons (Fsp3) is 0.438. The quantitative estimate of drug-likeness (QED) is 0.811. The molecule has 1 unspecified atom stereocenters. The van der Waals surface area contributed by atoms with Crippen molar-refractivity contribution in [3.8, 4) is 0 Å². The molecule has 0 radical (unpaired) electrons. The van der Waals surface area contributed by atoms with Crippen LogP contribution in [0.4, 0.5) is 13.2 Å². The molecule has 0 aliphatic carbocycles. The van der Waals surface area contributed by atoms with Gasteiger partial charge in [0.25, 0.3) is 0 Å². The summed E-state index contributed by atoms with van der Waals surface area (Å²) in [7, 11) is 1.63. The zero-order chi connectivity index (χ0) is 17.7. The first kappa shape index (κ1) is 18.0. The number of hydrogen-bond donors (Lipinski definition) is 0. The number of nitrogens with zero attached hydrogens (tertiary/aromatic N) is 4. The van der Waals surface area contributed by atoms with Gasteiger partial charge in [-0.05, 0) is 24.6 Å². The van der Waals surface area contributed by atoms with Gasteiger partial charge in [-0.2, -0.15) is 18.3 Å². The van der Waals surface area contributed by atoms with Crippen molar-refractivity contribution in [1.29, 1.82) is 0 Å². The summed E-state index contributed by atoms with van der Waals surface area (Å²) in [6.45, 7) is 1.75. The van der Waals surface area contributed by atoms with E-state index in [4.69, 9.17) is 0 Å². The summed E-state index contributed by atoms with van der Waals surface area (Å²) in [6, 6.07) is 6.10. The highest BCUT2D eigenvalue weighted by Crippen LogP contribution is 2.27. The van der Waals surface area contributed by atoms with Gasteiger partial charge in [0.15, 0.2) is 5.69 Å². The lowest BCUT2D eigenvalue weighted by molar-refractivity contribution is -0.142. The molecule has 0 N–H and O–H groups in total. The zero-order valence-electron chi connectivity index (χ0n) is 13.5. The van der Waals surface area contributed by atoms with Gasteiger partial charge in [-0.3, -0.25) is 14.5 Å². The minimum Gasteiger partial charge on any atom is -0.336 e. The number of carbonyl (C=O) groups is 1. The van der Waals surface area contributed by atoms with Crippen molar-refractivity contribution < 1.29 is 18.0 Å². The SMILES string of the molecule is CCCC(c1ccccn1)N(C)C(=O)Cn1ccc(C(F)(F)F)n1. The summed E-state index contributed by atoms with van der Waals surface area (Å²) in [5.74, 6) is -0.323. The van der Waals surface area contributed by atoms with E-state index >= 15 is 0 Å². The molecule has 2 rings (SSSR count). The van der Waals surface area contributed by atoms with Crippen molar-refractivity contribution in [1.82, 2.24) is 19.7 Å². The van der Waals surface area contributed by atoms with E-state index in [0.29, 0.717) is 6.42 Å². The van der Waals surface area contributed by atoms with E-state index < -0.39 is 11.9 Å². The second-order valence-electron chi connectivity index (χ2n) is 5.46. The molecule has 0 aliphatic heterocycles. The molecular formula is C16H19F3N4O. The number of aromatic nitrogens is 3. The van der Waals surface area contributed by atoms with Crippen LogP contribution in [0.25, 0.3) is 0 Å². The number of carbonyl (C=O) groups excluding carboxylic acids is 1. The minimum atomic E-state index is -4.51. The number of alkyl halides is 3. The molecular weight excluding hydrogens is 321 g/mol. The molecule has 8 heteroatoms. The van der Waals surface area contributed by atoms with Gasteiger partial charge in [0, 0.05) is 19.4 Å². The summed E-state index contributed by atoms with van der Waals surface area (Å²) in [5.41, 5.74) is -0.251. The van der Waals surface area contributed by atoms with Crippen LogP contribution < -0.4 is 0 Å². The minimum absolute atomic E-state index is 0.221. The monoisotopic (exact) mass is 340 g/mol. The Bertz CT molecular complexity index is 669. The second-order valence-corrected chi connectivity index (χ2v) is 5.46. The van der Waals surface area contributed by atoms with Gasteiger partial charge in [-0.25, -0.2) is 0 Å². The molecule has 2 aromatic rings. The lowest BCUT2D eigenvalue weighted by Gasteiger charge is -2.27. The van der Waals surface area contributed by atoms with Crippen LogP contribution in [0.3, 0.4) is 0 Å². The highest BCUT2D eigenvalue weighted by molar-refractivity contribution is 5.76. The van der Waals surface area contributed by atoms with Crippen LogP contribution in [0.5, 0.6) is 0 Å². The van der Waals surface area contributed by atoms with Crippen LogP contribution in [-0.2, 0) is 17.5 Å². The molecule has 2 aromatic heterocycles. The molecule has 5 nitrogen and oxygen atoms in total. The topological polar surface area (TPSA) is 51.0 Å². The summed E-state index contributed by atoms with van der Waals surface area (Å²) in [5, 5.41) is 3.41. The van der Waals surface area contributed by atoms with Crippen LogP contribution in [0.15, 0.2) is 36.7 Å². The van der Waals surface area contributed by atoms with Gasteiger partial charge >= 0.3 is 6.18 Å². The summed E-state index contributed by atoms with van der Waals surface area (Å²) >= 11 is 0. The Labute approximate surface area is 138 Å². The maximum Gasteiger partial charge on any atom is 0.435 e. The molecule has 0 saturated carbocycles. The van der Waals surface area contributed by atoms with Gasteiger partial charge in [0.2, 0.25) is 5.91 Å².